The van der Waals surface area contributed by atoms with Gasteiger partial charge in [0.05, 0.1) is 31.1 Å². The first-order valence-corrected chi connectivity index (χ1v) is 6.90. The van der Waals surface area contributed by atoms with Crippen molar-refractivity contribution in [2.75, 3.05) is 6.61 Å². The Balaban J connectivity index is 2.10. The van der Waals surface area contributed by atoms with E-state index in [0.717, 1.165) is 4.70 Å². The van der Waals surface area contributed by atoms with Gasteiger partial charge in [-0.25, -0.2) is 0 Å². The van der Waals surface area contributed by atoms with Crippen LogP contribution in [0.15, 0.2) is 28.5 Å². The van der Waals surface area contributed by atoms with Crippen molar-refractivity contribution in [3.63, 3.8) is 0 Å². The van der Waals surface area contributed by atoms with Gasteiger partial charge in [0.1, 0.15) is 0 Å². The standard InChI is InChI=1S/C13H15NO4S/c1-2-18-12(16)7-9(15)8-14-5-3-11-10(13(14)17)4-6-19-11/h3-6,9,15H,2,7-8H2,1H3. The number of aliphatic hydroxyl groups excluding tert-OH is 1. The first-order chi connectivity index (χ1) is 9.11. The lowest BCUT2D eigenvalue weighted by Gasteiger charge is -2.12. The van der Waals surface area contributed by atoms with E-state index in [9.17, 15) is 14.7 Å². The average molecular weight is 281 g/mol. The number of aromatic nitrogens is 1. The third-order valence-electron chi connectivity index (χ3n) is 2.71. The zero-order valence-corrected chi connectivity index (χ0v) is 11.4. The number of thiophene rings is 1. The summed E-state index contributed by atoms with van der Waals surface area (Å²) in [6.45, 7) is 2.08. The molecule has 0 radical (unpaired) electrons. The molecule has 5 nitrogen and oxygen atoms in total. The van der Waals surface area contributed by atoms with E-state index in [2.05, 4.69) is 0 Å². The number of hydrogen-bond acceptors (Lipinski definition) is 5. The summed E-state index contributed by atoms with van der Waals surface area (Å²) in [5.74, 6) is -0.459. The van der Waals surface area contributed by atoms with Gasteiger partial charge in [0.25, 0.3) is 5.56 Å². The molecular weight excluding hydrogens is 266 g/mol. The molecule has 0 fully saturated rings. The van der Waals surface area contributed by atoms with E-state index in [1.165, 1.54) is 15.9 Å². The molecule has 2 aromatic rings. The van der Waals surface area contributed by atoms with Crippen molar-refractivity contribution in [3.05, 3.63) is 34.1 Å². The summed E-state index contributed by atoms with van der Waals surface area (Å²) in [6, 6.07) is 3.59. The topological polar surface area (TPSA) is 68.5 Å². The molecule has 1 atom stereocenters. The highest BCUT2D eigenvalue weighted by molar-refractivity contribution is 7.17. The van der Waals surface area contributed by atoms with Crippen molar-refractivity contribution in [2.24, 2.45) is 0 Å². The summed E-state index contributed by atoms with van der Waals surface area (Å²) in [7, 11) is 0. The maximum Gasteiger partial charge on any atom is 0.308 e. The summed E-state index contributed by atoms with van der Waals surface area (Å²) < 4.78 is 7.09. The largest absolute Gasteiger partial charge is 0.466 e. The zero-order valence-electron chi connectivity index (χ0n) is 10.5. The molecule has 0 aliphatic carbocycles. The van der Waals surface area contributed by atoms with Crippen molar-refractivity contribution in [2.45, 2.75) is 26.0 Å². The zero-order chi connectivity index (χ0) is 13.8. The molecule has 1 unspecified atom stereocenters. The second kappa shape index (κ2) is 5.99. The van der Waals surface area contributed by atoms with Crippen molar-refractivity contribution in [1.82, 2.24) is 4.57 Å². The van der Waals surface area contributed by atoms with E-state index in [1.54, 1.807) is 19.2 Å². The number of carbonyl (C=O) groups is 1. The van der Waals surface area contributed by atoms with Gasteiger partial charge in [-0.1, -0.05) is 0 Å². The van der Waals surface area contributed by atoms with Crippen LogP contribution in [0.4, 0.5) is 0 Å². The number of fused-ring (bicyclic) bond motifs is 1. The van der Waals surface area contributed by atoms with Crippen molar-refractivity contribution < 1.29 is 14.6 Å². The Bertz CT molecular complexity index is 631. The van der Waals surface area contributed by atoms with Gasteiger partial charge >= 0.3 is 5.97 Å². The molecule has 6 heteroatoms. The Kier molecular flexibility index (Phi) is 4.34. The molecule has 2 rings (SSSR count). The van der Waals surface area contributed by atoms with Crippen LogP contribution in [0, 0.1) is 0 Å². The maximum absolute atomic E-state index is 12.1. The van der Waals surface area contributed by atoms with E-state index >= 15 is 0 Å². The molecule has 0 spiro atoms. The van der Waals surface area contributed by atoms with Gasteiger partial charge < -0.3 is 14.4 Å². The predicted octanol–water partition coefficient (Wildman–Crippen LogP) is 1.38. The number of carbonyl (C=O) groups excluding carboxylic acids is 1. The third-order valence-corrected chi connectivity index (χ3v) is 3.59. The highest BCUT2D eigenvalue weighted by Crippen LogP contribution is 2.16. The summed E-state index contributed by atoms with van der Waals surface area (Å²) in [6.07, 6.45) is 0.602. The SMILES string of the molecule is CCOC(=O)CC(O)Cn1ccc2sccc2c1=O. The van der Waals surface area contributed by atoms with Crippen molar-refractivity contribution in [3.8, 4) is 0 Å². The quantitative estimate of drug-likeness (QED) is 0.841. The van der Waals surface area contributed by atoms with E-state index < -0.39 is 12.1 Å². The molecule has 0 saturated carbocycles. The Morgan fingerprint density at radius 3 is 3.05 bits per heavy atom. The van der Waals surface area contributed by atoms with Gasteiger partial charge in [0, 0.05) is 10.9 Å². The second-order valence-electron chi connectivity index (χ2n) is 4.13. The number of esters is 1. The highest BCUT2D eigenvalue weighted by atomic mass is 32.1. The number of nitrogens with zero attached hydrogens (tertiary/aromatic N) is 1. The Labute approximate surface area is 114 Å². The minimum absolute atomic E-state index is 0.0867. The molecular formula is C13H15NO4S. The number of rotatable bonds is 5. The lowest BCUT2D eigenvalue weighted by Crippen LogP contribution is -2.28. The Morgan fingerprint density at radius 1 is 1.53 bits per heavy atom. The summed E-state index contributed by atoms with van der Waals surface area (Å²) in [5, 5.41) is 12.3. The third kappa shape index (κ3) is 3.21. The summed E-state index contributed by atoms with van der Waals surface area (Å²) in [4.78, 5) is 23.3. The number of pyridine rings is 1. The molecule has 0 saturated heterocycles. The smallest absolute Gasteiger partial charge is 0.308 e. The van der Waals surface area contributed by atoms with Gasteiger partial charge in [0.2, 0.25) is 0 Å². The van der Waals surface area contributed by atoms with Crippen LogP contribution in [0.5, 0.6) is 0 Å². The van der Waals surface area contributed by atoms with E-state index in [4.69, 9.17) is 4.74 Å². The lowest BCUT2D eigenvalue weighted by atomic mass is 10.2. The maximum atomic E-state index is 12.1. The molecule has 0 aliphatic heterocycles. The average Bonchev–Trinajstić information content (AvgIpc) is 2.82. The molecule has 0 aromatic carbocycles. The van der Waals surface area contributed by atoms with Crippen LogP contribution in [0.2, 0.25) is 0 Å². The molecule has 2 heterocycles. The highest BCUT2D eigenvalue weighted by Gasteiger charge is 2.13. The van der Waals surface area contributed by atoms with Gasteiger partial charge in [0.15, 0.2) is 0 Å². The van der Waals surface area contributed by atoms with Crippen LogP contribution < -0.4 is 5.56 Å². The fourth-order valence-electron chi connectivity index (χ4n) is 1.85. The van der Waals surface area contributed by atoms with Crippen LogP contribution >= 0.6 is 11.3 Å². The van der Waals surface area contributed by atoms with Crippen LogP contribution in [-0.2, 0) is 16.1 Å². The Morgan fingerprint density at radius 2 is 2.32 bits per heavy atom. The first-order valence-electron chi connectivity index (χ1n) is 6.02. The summed E-state index contributed by atoms with van der Waals surface area (Å²) in [5.41, 5.74) is -0.151. The minimum Gasteiger partial charge on any atom is -0.466 e. The van der Waals surface area contributed by atoms with Crippen LogP contribution in [0.25, 0.3) is 10.1 Å². The monoisotopic (exact) mass is 281 g/mol. The molecule has 102 valence electrons. The number of ether oxygens (including phenoxy) is 1. The van der Waals surface area contributed by atoms with Crippen LogP contribution in [-0.4, -0.2) is 28.4 Å². The van der Waals surface area contributed by atoms with Gasteiger partial charge in [-0.2, -0.15) is 0 Å². The molecule has 0 aliphatic rings. The molecule has 0 bridgehead atoms. The van der Waals surface area contributed by atoms with Gasteiger partial charge in [-0.15, -0.1) is 11.3 Å². The minimum atomic E-state index is -0.923. The predicted molar refractivity (Wildman–Crippen MR) is 73.3 cm³/mol. The first kappa shape index (κ1) is 13.8. The Hall–Kier alpha value is -1.66. The normalized spacial score (nSPS) is 12.5. The number of hydrogen-bond donors (Lipinski definition) is 1. The van der Waals surface area contributed by atoms with E-state index in [0.29, 0.717) is 5.39 Å². The molecule has 1 N–H and O–H groups in total. The van der Waals surface area contributed by atoms with Crippen LogP contribution in [0.1, 0.15) is 13.3 Å². The van der Waals surface area contributed by atoms with E-state index in [-0.39, 0.29) is 25.1 Å². The van der Waals surface area contributed by atoms with Crippen molar-refractivity contribution in [1.29, 1.82) is 0 Å². The fraction of sp³-hybridized carbons (Fsp3) is 0.385. The summed E-state index contributed by atoms with van der Waals surface area (Å²) >= 11 is 1.50. The van der Waals surface area contributed by atoms with E-state index in [1.807, 2.05) is 11.4 Å². The van der Waals surface area contributed by atoms with Gasteiger partial charge in [-0.05, 0) is 24.4 Å². The fourth-order valence-corrected chi connectivity index (χ4v) is 2.63. The number of aliphatic hydroxyl groups is 1. The molecule has 2 aromatic heterocycles. The molecule has 19 heavy (non-hydrogen) atoms. The van der Waals surface area contributed by atoms with Crippen molar-refractivity contribution >= 4 is 27.4 Å². The van der Waals surface area contributed by atoms with Crippen LogP contribution in [0.3, 0.4) is 0 Å². The molecule has 0 amide bonds. The van der Waals surface area contributed by atoms with Gasteiger partial charge in [-0.3, -0.25) is 9.59 Å². The lowest BCUT2D eigenvalue weighted by molar-refractivity contribution is -0.145. The second-order valence-corrected chi connectivity index (χ2v) is 5.08.